The molecule has 0 aliphatic carbocycles. The lowest BCUT2D eigenvalue weighted by atomic mass is 10.0. The number of aliphatic carboxylic acids is 1. The number of amides is 2. The Morgan fingerprint density at radius 2 is 1.44 bits per heavy atom. The van der Waals surface area contributed by atoms with Gasteiger partial charge in [0.2, 0.25) is 11.8 Å². The van der Waals surface area contributed by atoms with Gasteiger partial charge in [0, 0.05) is 11.9 Å². The molecule has 0 spiro atoms. The lowest BCUT2D eigenvalue weighted by molar-refractivity contribution is -0.142. The predicted molar refractivity (Wildman–Crippen MR) is 93.0 cm³/mol. The molecule has 2 amide bonds. The third kappa shape index (κ3) is 5.06. The van der Waals surface area contributed by atoms with Crippen LogP contribution in [-0.2, 0) is 14.4 Å². The Kier molecular flexibility index (Phi) is 6.14. The molecule has 0 fully saturated rings. The molecule has 2 rings (SSSR count). The molecule has 0 saturated heterocycles. The second-order valence-corrected chi connectivity index (χ2v) is 5.81. The minimum absolute atomic E-state index is 0.375. The summed E-state index contributed by atoms with van der Waals surface area (Å²) in [6.07, 6.45) is 0. The molecule has 2 aromatic carbocycles. The van der Waals surface area contributed by atoms with Gasteiger partial charge in [-0.25, -0.2) is 4.79 Å². The zero-order chi connectivity index (χ0) is 18.4. The average Bonchev–Trinajstić information content (AvgIpc) is 2.58. The van der Waals surface area contributed by atoms with E-state index >= 15 is 0 Å². The van der Waals surface area contributed by atoms with Gasteiger partial charge in [-0.1, -0.05) is 54.1 Å². The van der Waals surface area contributed by atoms with E-state index in [1.807, 2.05) is 0 Å². The van der Waals surface area contributed by atoms with Gasteiger partial charge in [-0.05, 0) is 23.3 Å². The number of carboxylic acid groups (broad SMARTS) is 1. The van der Waals surface area contributed by atoms with Gasteiger partial charge in [0.25, 0.3) is 0 Å². The lowest BCUT2D eigenvalue weighted by Crippen LogP contribution is -2.43. The van der Waals surface area contributed by atoms with Crippen LogP contribution >= 0.6 is 11.6 Å². The van der Waals surface area contributed by atoms with Gasteiger partial charge in [-0.2, -0.15) is 0 Å². The molecule has 7 heteroatoms. The molecule has 0 radical (unpaired) electrons. The maximum absolute atomic E-state index is 12.6. The predicted octanol–water partition coefficient (Wildman–Crippen LogP) is 2.46. The summed E-state index contributed by atoms with van der Waals surface area (Å²) in [5.41, 5.74) is 0.926. The Morgan fingerprint density at radius 3 is 1.96 bits per heavy atom. The standard InChI is InChI=1S/C18H17ClN2O4/c1-11(22)20-15(12-5-3-2-4-6-12)17(23)21-16(18(24)25)13-7-9-14(19)10-8-13/h2-10,15-16H,1H3,(H,20,22)(H,21,23)(H,24,25). The Balaban J connectivity index is 2.26. The van der Waals surface area contributed by atoms with Gasteiger partial charge in [0.1, 0.15) is 6.04 Å². The minimum Gasteiger partial charge on any atom is -0.479 e. The molecule has 130 valence electrons. The Hall–Kier alpha value is -2.86. The zero-order valence-corrected chi connectivity index (χ0v) is 14.2. The van der Waals surface area contributed by atoms with Gasteiger partial charge in [0.05, 0.1) is 0 Å². The van der Waals surface area contributed by atoms with Crippen molar-refractivity contribution in [2.75, 3.05) is 0 Å². The van der Waals surface area contributed by atoms with Crippen molar-refractivity contribution < 1.29 is 19.5 Å². The second kappa shape index (κ2) is 8.30. The average molecular weight is 361 g/mol. The van der Waals surface area contributed by atoms with Crippen molar-refractivity contribution in [3.05, 3.63) is 70.7 Å². The largest absolute Gasteiger partial charge is 0.479 e. The number of hydrogen-bond donors (Lipinski definition) is 3. The third-order valence-corrected chi connectivity index (χ3v) is 3.73. The quantitative estimate of drug-likeness (QED) is 0.737. The van der Waals surface area contributed by atoms with Crippen molar-refractivity contribution >= 4 is 29.4 Å². The topological polar surface area (TPSA) is 95.5 Å². The van der Waals surface area contributed by atoms with E-state index < -0.39 is 29.9 Å². The highest BCUT2D eigenvalue weighted by molar-refractivity contribution is 6.30. The normalized spacial score (nSPS) is 12.7. The maximum atomic E-state index is 12.6. The van der Waals surface area contributed by atoms with Crippen LogP contribution in [0.1, 0.15) is 30.1 Å². The smallest absolute Gasteiger partial charge is 0.330 e. The van der Waals surface area contributed by atoms with E-state index in [4.69, 9.17) is 11.6 Å². The minimum atomic E-state index is -1.26. The van der Waals surface area contributed by atoms with Crippen molar-refractivity contribution in [2.24, 2.45) is 0 Å². The van der Waals surface area contributed by atoms with Crippen LogP contribution < -0.4 is 10.6 Å². The molecule has 0 bridgehead atoms. The first-order chi connectivity index (χ1) is 11.9. The van der Waals surface area contributed by atoms with E-state index in [1.165, 1.54) is 19.1 Å². The summed E-state index contributed by atoms with van der Waals surface area (Å²) in [6, 6.07) is 12.5. The summed E-state index contributed by atoms with van der Waals surface area (Å²) in [6.45, 7) is 1.29. The van der Waals surface area contributed by atoms with Gasteiger partial charge < -0.3 is 15.7 Å². The summed E-state index contributed by atoms with van der Waals surface area (Å²) in [4.78, 5) is 35.6. The molecule has 2 atom stereocenters. The van der Waals surface area contributed by atoms with Crippen LogP contribution in [-0.4, -0.2) is 22.9 Å². The molecule has 2 aromatic rings. The highest BCUT2D eigenvalue weighted by Crippen LogP contribution is 2.19. The number of benzene rings is 2. The first kappa shape index (κ1) is 18.5. The third-order valence-electron chi connectivity index (χ3n) is 3.48. The van der Waals surface area contributed by atoms with E-state index in [9.17, 15) is 19.5 Å². The van der Waals surface area contributed by atoms with Crippen LogP contribution in [0.15, 0.2) is 54.6 Å². The molecule has 0 saturated carbocycles. The Morgan fingerprint density at radius 1 is 0.880 bits per heavy atom. The summed E-state index contributed by atoms with van der Waals surface area (Å²) in [5.74, 6) is -2.24. The van der Waals surface area contributed by atoms with Gasteiger partial charge in [0.15, 0.2) is 6.04 Å². The van der Waals surface area contributed by atoms with Crippen molar-refractivity contribution in [3.8, 4) is 0 Å². The molecule has 0 aromatic heterocycles. The number of rotatable bonds is 6. The SMILES string of the molecule is CC(=O)NC(C(=O)NC(C(=O)O)c1ccc(Cl)cc1)c1ccccc1. The van der Waals surface area contributed by atoms with Crippen molar-refractivity contribution in [2.45, 2.75) is 19.0 Å². The monoisotopic (exact) mass is 360 g/mol. The molecule has 6 nitrogen and oxygen atoms in total. The summed E-state index contributed by atoms with van der Waals surface area (Å²) in [7, 11) is 0. The summed E-state index contributed by atoms with van der Waals surface area (Å²) < 4.78 is 0. The summed E-state index contributed by atoms with van der Waals surface area (Å²) >= 11 is 5.81. The van der Waals surface area contributed by atoms with Crippen molar-refractivity contribution in [1.29, 1.82) is 0 Å². The second-order valence-electron chi connectivity index (χ2n) is 5.38. The van der Waals surface area contributed by atoms with E-state index in [0.29, 0.717) is 16.1 Å². The Labute approximate surface area is 149 Å². The van der Waals surface area contributed by atoms with E-state index in [2.05, 4.69) is 10.6 Å². The zero-order valence-electron chi connectivity index (χ0n) is 13.4. The van der Waals surface area contributed by atoms with Crippen LogP contribution in [0.2, 0.25) is 5.02 Å². The fourth-order valence-electron chi connectivity index (χ4n) is 2.32. The molecule has 3 N–H and O–H groups in total. The lowest BCUT2D eigenvalue weighted by Gasteiger charge is -2.21. The van der Waals surface area contributed by atoms with E-state index in [0.717, 1.165) is 0 Å². The molecule has 0 aliphatic heterocycles. The van der Waals surface area contributed by atoms with Crippen LogP contribution in [0.4, 0.5) is 0 Å². The first-order valence-corrected chi connectivity index (χ1v) is 7.87. The van der Waals surface area contributed by atoms with E-state index in [-0.39, 0.29) is 0 Å². The number of halogens is 1. The molecular weight excluding hydrogens is 344 g/mol. The molecular formula is C18H17ClN2O4. The van der Waals surface area contributed by atoms with Crippen molar-refractivity contribution in [1.82, 2.24) is 10.6 Å². The Bertz CT molecular complexity index is 762. The maximum Gasteiger partial charge on any atom is 0.330 e. The highest BCUT2D eigenvalue weighted by atomic mass is 35.5. The van der Waals surface area contributed by atoms with Crippen LogP contribution in [0.5, 0.6) is 0 Å². The number of hydrogen-bond acceptors (Lipinski definition) is 3. The van der Waals surface area contributed by atoms with Gasteiger partial charge in [-0.3, -0.25) is 9.59 Å². The van der Waals surface area contributed by atoms with Crippen LogP contribution in [0.25, 0.3) is 0 Å². The summed E-state index contributed by atoms with van der Waals surface area (Å²) in [5, 5.41) is 14.9. The van der Waals surface area contributed by atoms with Crippen LogP contribution in [0, 0.1) is 0 Å². The number of carbonyl (C=O) groups is 3. The molecule has 0 heterocycles. The van der Waals surface area contributed by atoms with Gasteiger partial charge >= 0.3 is 5.97 Å². The van der Waals surface area contributed by atoms with Crippen LogP contribution in [0.3, 0.4) is 0 Å². The number of carboxylic acids is 1. The fourth-order valence-corrected chi connectivity index (χ4v) is 2.44. The van der Waals surface area contributed by atoms with Gasteiger partial charge in [-0.15, -0.1) is 0 Å². The van der Waals surface area contributed by atoms with E-state index in [1.54, 1.807) is 42.5 Å². The molecule has 25 heavy (non-hydrogen) atoms. The fraction of sp³-hybridized carbons (Fsp3) is 0.167. The first-order valence-electron chi connectivity index (χ1n) is 7.49. The molecule has 2 unspecified atom stereocenters. The number of nitrogens with one attached hydrogen (secondary N) is 2. The molecule has 0 aliphatic rings. The van der Waals surface area contributed by atoms with Crippen molar-refractivity contribution in [3.63, 3.8) is 0 Å². The highest BCUT2D eigenvalue weighted by Gasteiger charge is 2.28. The number of carbonyl (C=O) groups excluding carboxylic acids is 2.